The normalized spacial score (nSPS) is 13.1. The molecule has 3 N–H and O–H groups in total. The van der Waals surface area contributed by atoms with Gasteiger partial charge in [-0.05, 0) is 84.1 Å². The third-order valence-corrected chi connectivity index (χ3v) is 5.39. The summed E-state index contributed by atoms with van der Waals surface area (Å²) in [7, 11) is 0. The Labute approximate surface area is 171 Å². The molecule has 0 fully saturated rings. The van der Waals surface area contributed by atoms with Gasteiger partial charge >= 0.3 is 0 Å². The van der Waals surface area contributed by atoms with Gasteiger partial charge in [0.2, 0.25) is 0 Å². The molecule has 30 heavy (non-hydrogen) atoms. The molecular formula is C21H19N7O2. The van der Waals surface area contributed by atoms with Crippen LogP contribution in [0.25, 0.3) is 16.6 Å². The number of aromatic nitrogens is 5. The van der Waals surface area contributed by atoms with Crippen LogP contribution < -0.4 is 10.9 Å². The molecule has 5 rings (SSSR count). The van der Waals surface area contributed by atoms with E-state index in [2.05, 4.69) is 31.4 Å². The van der Waals surface area contributed by atoms with Crippen LogP contribution in [0.3, 0.4) is 0 Å². The van der Waals surface area contributed by atoms with Gasteiger partial charge in [0.25, 0.3) is 11.8 Å². The van der Waals surface area contributed by atoms with Crippen molar-refractivity contribution in [2.24, 2.45) is 0 Å². The molecule has 4 aromatic rings. The summed E-state index contributed by atoms with van der Waals surface area (Å²) in [6.07, 6.45) is 5.90. The largest absolute Gasteiger partial charge is 0.358 e. The fourth-order valence-corrected chi connectivity index (χ4v) is 3.85. The molecule has 0 atom stereocenters. The van der Waals surface area contributed by atoms with E-state index in [-0.39, 0.29) is 5.91 Å². The Balaban J connectivity index is 1.27. The number of hydrogen-bond donors (Lipinski definition) is 3. The number of aryl methyl sites for hydroxylation is 2. The first-order valence-corrected chi connectivity index (χ1v) is 9.76. The van der Waals surface area contributed by atoms with E-state index in [9.17, 15) is 9.59 Å². The first kappa shape index (κ1) is 18.0. The fraction of sp³-hybridized carbons (Fsp3) is 0.190. The van der Waals surface area contributed by atoms with Crippen LogP contribution in [0.15, 0.2) is 48.8 Å². The number of carbonyl (C=O) groups excluding carboxylic acids is 2. The number of aromatic amines is 1. The van der Waals surface area contributed by atoms with Crippen molar-refractivity contribution in [2.45, 2.75) is 25.7 Å². The highest BCUT2D eigenvalue weighted by Gasteiger charge is 2.17. The molecule has 2 heterocycles. The zero-order chi connectivity index (χ0) is 20.5. The van der Waals surface area contributed by atoms with Crippen molar-refractivity contribution in [2.75, 3.05) is 0 Å². The summed E-state index contributed by atoms with van der Waals surface area (Å²) in [5.41, 5.74) is 10.2. The minimum absolute atomic E-state index is 0.360. The molecule has 2 amide bonds. The molecule has 1 aliphatic carbocycles. The maximum absolute atomic E-state index is 12.6. The van der Waals surface area contributed by atoms with E-state index in [1.54, 1.807) is 30.3 Å². The van der Waals surface area contributed by atoms with Gasteiger partial charge in [0.15, 0.2) is 0 Å². The van der Waals surface area contributed by atoms with Crippen LogP contribution >= 0.6 is 0 Å². The number of nitrogens with one attached hydrogen (secondary N) is 3. The highest BCUT2D eigenvalue weighted by Crippen LogP contribution is 2.29. The molecule has 0 saturated carbocycles. The Bertz CT molecular complexity index is 1230. The van der Waals surface area contributed by atoms with Crippen LogP contribution in [0.1, 0.15) is 44.8 Å². The SMILES string of the molecule is O=C(NNC(=O)c1ccc2[nH]c3c(c2c1)CCCC3)c1ccc(-n2cnnn2)cc1. The molecule has 0 spiro atoms. The predicted octanol–water partition coefficient (Wildman–Crippen LogP) is 2.10. The summed E-state index contributed by atoms with van der Waals surface area (Å²) in [5.74, 6) is -0.770. The summed E-state index contributed by atoms with van der Waals surface area (Å²) in [5, 5.41) is 12.0. The number of fused-ring (bicyclic) bond motifs is 3. The number of tetrazole rings is 1. The summed E-state index contributed by atoms with van der Waals surface area (Å²) in [6.45, 7) is 0. The van der Waals surface area contributed by atoms with Gasteiger partial charge in [-0.25, -0.2) is 4.68 Å². The maximum atomic E-state index is 12.6. The van der Waals surface area contributed by atoms with Crippen molar-refractivity contribution in [3.63, 3.8) is 0 Å². The molecule has 1 aliphatic rings. The number of amides is 2. The van der Waals surface area contributed by atoms with E-state index < -0.39 is 5.91 Å². The topological polar surface area (TPSA) is 118 Å². The van der Waals surface area contributed by atoms with Crippen LogP contribution in [0.5, 0.6) is 0 Å². The Morgan fingerprint density at radius 3 is 2.43 bits per heavy atom. The van der Waals surface area contributed by atoms with Crippen molar-refractivity contribution in [3.8, 4) is 5.69 Å². The maximum Gasteiger partial charge on any atom is 0.269 e. The van der Waals surface area contributed by atoms with Crippen molar-refractivity contribution in [1.29, 1.82) is 0 Å². The molecule has 2 aromatic carbocycles. The van der Waals surface area contributed by atoms with Crippen molar-refractivity contribution < 1.29 is 9.59 Å². The molecule has 9 nitrogen and oxygen atoms in total. The molecule has 0 unspecified atom stereocenters. The lowest BCUT2D eigenvalue weighted by Crippen LogP contribution is -2.41. The van der Waals surface area contributed by atoms with E-state index in [0.717, 1.165) is 29.4 Å². The van der Waals surface area contributed by atoms with E-state index in [1.807, 2.05) is 12.1 Å². The number of hydrazine groups is 1. The quantitative estimate of drug-likeness (QED) is 0.455. The summed E-state index contributed by atoms with van der Waals surface area (Å²) in [6, 6.07) is 12.3. The monoisotopic (exact) mass is 401 g/mol. The van der Waals surface area contributed by atoms with Crippen molar-refractivity contribution in [1.82, 2.24) is 36.0 Å². The number of rotatable bonds is 3. The van der Waals surface area contributed by atoms with E-state index in [1.165, 1.54) is 35.1 Å². The van der Waals surface area contributed by atoms with E-state index >= 15 is 0 Å². The highest BCUT2D eigenvalue weighted by molar-refractivity contribution is 6.01. The average Bonchev–Trinajstić information content (AvgIpc) is 3.45. The van der Waals surface area contributed by atoms with Gasteiger partial charge in [0.1, 0.15) is 6.33 Å². The molecule has 9 heteroatoms. The Morgan fingerprint density at radius 2 is 1.67 bits per heavy atom. The second-order valence-corrected chi connectivity index (χ2v) is 7.26. The van der Waals surface area contributed by atoms with Crippen LogP contribution in [0.4, 0.5) is 0 Å². The van der Waals surface area contributed by atoms with Gasteiger partial charge in [-0.15, -0.1) is 5.10 Å². The predicted molar refractivity (Wildman–Crippen MR) is 109 cm³/mol. The number of carbonyl (C=O) groups is 2. The second kappa shape index (κ2) is 7.43. The summed E-state index contributed by atoms with van der Waals surface area (Å²) < 4.78 is 1.49. The number of hydrogen-bond acceptors (Lipinski definition) is 5. The van der Waals surface area contributed by atoms with Gasteiger partial charge in [0, 0.05) is 27.7 Å². The molecule has 0 saturated heterocycles. The molecule has 150 valence electrons. The first-order valence-electron chi connectivity index (χ1n) is 9.76. The van der Waals surface area contributed by atoms with Gasteiger partial charge in [0.05, 0.1) is 5.69 Å². The highest BCUT2D eigenvalue weighted by atomic mass is 16.2. The zero-order valence-electron chi connectivity index (χ0n) is 16.1. The standard InChI is InChI=1S/C21H19N7O2/c29-20(13-5-8-15(9-6-13)28-12-22-26-27-28)24-25-21(30)14-7-10-19-17(11-14)16-3-1-2-4-18(16)23-19/h5-12,23H,1-4H2,(H,24,29)(H,25,30). The van der Waals surface area contributed by atoms with Crippen LogP contribution in [-0.4, -0.2) is 37.0 Å². The second-order valence-electron chi connectivity index (χ2n) is 7.26. The first-order chi connectivity index (χ1) is 14.7. The van der Waals surface area contributed by atoms with Crippen molar-refractivity contribution in [3.05, 3.63) is 71.2 Å². The number of benzene rings is 2. The lowest BCUT2D eigenvalue weighted by atomic mass is 9.95. The smallest absolute Gasteiger partial charge is 0.269 e. The molecule has 0 bridgehead atoms. The number of nitrogens with zero attached hydrogens (tertiary/aromatic N) is 4. The number of H-pyrrole nitrogens is 1. The van der Waals surface area contributed by atoms with Crippen LogP contribution in [0.2, 0.25) is 0 Å². The average molecular weight is 401 g/mol. The Morgan fingerprint density at radius 1 is 0.933 bits per heavy atom. The zero-order valence-corrected chi connectivity index (χ0v) is 16.1. The minimum Gasteiger partial charge on any atom is -0.358 e. The van der Waals surface area contributed by atoms with Crippen LogP contribution in [0, 0.1) is 0 Å². The minimum atomic E-state index is -0.410. The molecule has 2 aromatic heterocycles. The lowest BCUT2D eigenvalue weighted by molar-refractivity contribution is 0.0847. The Hall–Kier alpha value is -4.01. The van der Waals surface area contributed by atoms with Crippen molar-refractivity contribution >= 4 is 22.7 Å². The van der Waals surface area contributed by atoms with Gasteiger partial charge < -0.3 is 4.98 Å². The lowest BCUT2D eigenvalue weighted by Gasteiger charge is -2.11. The molecule has 0 radical (unpaired) electrons. The van der Waals surface area contributed by atoms with Gasteiger partial charge in [-0.2, -0.15) is 0 Å². The van der Waals surface area contributed by atoms with Gasteiger partial charge in [-0.1, -0.05) is 0 Å². The summed E-state index contributed by atoms with van der Waals surface area (Å²) in [4.78, 5) is 28.4. The third-order valence-electron chi connectivity index (χ3n) is 5.39. The molecular weight excluding hydrogens is 382 g/mol. The fourth-order valence-electron chi connectivity index (χ4n) is 3.85. The van der Waals surface area contributed by atoms with E-state index in [0.29, 0.717) is 11.1 Å². The van der Waals surface area contributed by atoms with Crippen LogP contribution in [-0.2, 0) is 12.8 Å². The Kier molecular flexibility index (Phi) is 4.47. The van der Waals surface area contributed by atoms with E-state index in [4.69, 9.17) is 0 Å². The van der Waals surface area contributed by atoms with Gasteiger partial charge in [-0.3, -0.25) is 20.4 Å². The third kappa shape index (κ3) is 3.30. The molecule has 0 aliphatic heterocycles. The summed E-state index contributed by atoms with van der Waals surface area (Å²) >= 11 is 0.